The van der Waals surface area contributed by atoms with Crippen LogP contribution in [0.25, 0.3) is 11.1 Å². The molecular formula is C21H17NO5S. The number of aromatic hydroxyl groups is 1. The van der Waals surface area contributed by atoms with Crippen molar-refractivity contribution in [1.82, 2.24) is 0 Å². The molecule has 1 aromatic heterocycles. The number of carboxylic acids is 1. The standard InChI is InChI=1S/C21H17NO5S/c1-27-14-7-5-11(6-8-14)17-18-19(28-20(17)21(25)26)15(10-16(24)22-18)12-3-2-4-13(23)9-12/h2-9,15,23H,10H2,1H3,(H,22,24)(H,25,26)/t15-/m1/s1. The fraction of sp³-hybridized carbons (Fsp3) is 0.143. The second-order valence-electron chi connectivity index (χ2n) is 6.48. The average Bonchev–Trinajstić information content (AvgIpc) is 3.07. The van der Waals surface area contributed by atoms with Crippen molar-refractivity contribution < 1.29 is 24.5 Å². The minimum Gasteiger partial charge on any atom is -0.508 e. The van der Waals surface area contributed by atoms with Crippen molar-refractivity contribution in [2.75, 3.05) is 12.4 Å². The average molecular weight is 395 g/mol. The molecule has 0 fully saturated rings. The van der Waals surface area contributed by atoms with Crippen LogP contribution in [0, 0.1) is 0 Å². The van der Waals surface area contributed by atoms with Gasteiger partial charge in [0.2, 0.25) is 5.91 Å². The molecule has 1 aliphatic rings. The van der Waals surface area contributed by atoms with Gasteiger partial charge in [-0.05, 0) is 35.4 Å². The number of amides is 1. The third-order valence-electron chi connectivity index (χ3n) is 4.75. The molecular weight excluding hydrogens is 378 g/mol. The van der Waals surface area contributed by atoms with Crippen molar-refractivity contribution >= 4 is 28.9 Å². The number of carbonyl (C=O) groups is 2. The first-order chi connectivity index (χ1) is 13.5. The molecule has 7 heteroatoms. The number of nitrogens with one attached hydrogen (secondary N) is 1. The summed E-state index contributed by atoms with van der Waals surface area (Å²) in [5, 5.41) is 22.5. The number of phenols is 1. The Balaban J connectivity index is 1.91. The van der Waals surface area contributed by atoms with E-state index in [2.05, 4.69) is 5.32 Å². The van der Waals surface area contributed by atoms with Crippen LogP contribution in [0.2, 0.25) is 0 Å². The molecule has 0 saturated heterocycles. The number of benzene rings is 2. The van der Waals surface area contributed by atoms with Crippen LogP contribution < -0.4 is 10.1 Å². The molecule has 3 N–H and O–H groups in total. The lowest BCUT2D eigenvalue weighted by Gasteiger charge is -2.24. The van der Waals surface area contributed by atoms with Gasteiger partial charge in [0, 0.05) is 22.8 Å². The summed E-state index contributed by atoms with van der Waals surface area (Å²) in [4.78, 5) is 25.3. The molecule has 1 amide bonds. The van der Waals surface area contributed by atoms with Gasteiger partial charge in [0.15, 0.2) is 0 Å². The molecule has 0 bridgehead atoms. The highest BCUT2D eigenvalue weighted by molar-refractivity contribution is 7.15. The molecule has 4 rings (SSSR count). The van der Waals surface area contributed by atoms with E-state index in [0.29, 0.717) is 22.6 Å². The van der Waals surface area contributed by atoms with Crippen molar-refractivity contribution in [3.8, 4) is 22.6 Å². The van der Waals surface area contributed by atoms with Crippen LogP contribution >= 0.6 is 11.3 Å². The Kier molecular flexibility index (Phi) is 4.52. The molecule has 3 aromatic rings. The first-order valence-corrected chi connectivity index (χ1v) is 9.42. The molecule has 28 heavy (non-hydrogen) atoms. The van der Waals surface area contributed by atoms with Gasteiger partial charge < -0.3 is 20.3 Å². The predicted molar refractivity (Wildman–Crippen MR) is 106 cm³/mol. The van der Waals surface area contributed by atoms with E-state index in [-0.39, 0.29) is 28.9 Å². The second-order valence-corrected chi connectivity index (χ2v) is 7.53. The molecule has 2 heterocycles. The lowest BCUT2D eigenvalue weighted by Crippen LogP contribution is -2.22. The number of rotatable bonds is 4. The first kappa shape index (κ1) is 18.1. The smallest absolute Gasteiger partial charge is 0.346 e. The number of hydrogen-bond acceptors (Lipinski definition) is 5. The van der Waals surface area contributed by atoms with E-state index in [0.717, 1.165) is 21.8 Å². The number of fused-ring (bicyclic) bond motifs is 1. The Morgan fingerprint density at radius 2 is 1.96 bits per heavy atom. The number of anilines is 1. The summed E-state index contributed by atoms with van der Waals surface area (Å²) in [6, 6.07) is 13.8. The summed E-state index contributed by atoms with van der Waals surface area (Å²) in [6.07, 6.45) is 0.193. The zero-order valence-corrected chi connectivity index (χ0v) is 15.7. The Bertz CT molecular complexity index is 1070. The van der Waals surface area contributed by atoms with Gasteiger partial charge in [-0.1, -0.05) is 24.3 Å². The maximum atomic E-state index is 12.4. The molecule has 0 unspecified atom stereocenters. The molecule has 2 aromatic carbocycles. The van der Waals surface area contributed by atoms with Crippen LogP contribution in [0.5, 0.6) is 11.5 Å². The monoisotopic (exact) mass is 395 g/mol. The Morgan fingerprint density at radius 3 is 2.61 bits per heavy atom. The van der Waals surface area contributed by atoms with E-state index in [1.807, 2.05) is 6.07 Å². The van der Waals surface area contributed by atoms with E-state index >= 15 is 0 Å². The zero-order valence-electron chi connectivity index (χ0n) is 14.9. The highest BCUT2D eigenvalue weighted by Crippen LogP contribution is 2.49. The molecule has 0 saturated carbocycles. The molecule has 0 radical (unpaired) electrons. The van der Waals surface area contributed by atoms with Crippen LogP contribution in [0.3, 0.4) is 0 Å². The highest BCUT2D eigenvalue weighted by Gasteiger charge is 2.34. The predicted octanol–water partition coefficient (Wildman–Crippen LogP) is 4.30. The maximum absolute atomic E-state index is 12.4. The van der Waals surface area contributed by atoms with Gasteiger partial charge in [0.25, 0.3) is 0 Å². The molecule has 142 valence electrons. The highest BCUT2D eigenvalue weighted by atomic mass is 32.1. The summed E-state index contributed by atoms with van der Waals surface area (Å²) in [6.45, 7) is 0. The van der Waals surface area contributed by atoms with Gasteiger partial charge in [-0.2, -0.15) is 0 Å². The fourth-order valence-electron chi connectivity index (χ4n) is 3.48. The SMILES string of the molecule is COc1ccc(-c2c(C(=O)O)sc3c2NC(=O)C[C@@H]3c2cccc(O)c2)cc1. The van der Waals surface area contributed by atoms with Crippen molar-refractivity contribution in [2.45, 2.75) is 12.3 Å². The van der Waals surface area contributed by atoms with Crippen LogP contribution in [-0.2, 0) is 4.79 Å². The van der Waals surface area contributed by atoms with E-state index < -0.39 is 5.97 Å². The summed E-state index contributed by atoms with van der Waals surface area (Å²) in [5.41, 5.74) is 2.48. The molecule has 0 spiro atoms. The number of ether oxygens (including phenoxy) is 1. The van der Waals surface area contributed by atoms with Gasteiger partial charge in [-0.25, -0.2) is 4.79 Å². The van der Waals surface area contributed by atoms with E-state index in [9.17, 15) is 19.8 Å². The number of thiophene rings is 1. The third-order valence-corrected chi connectivity index (χ3v) is 6.04. The van der Waals surface area contributed by atoms with Gasteiger partial charge >= 0.3 is 5.97 Å². The molecule has 1 aliphatic heterocycles. The van der Waals surface area contributed by atoms with E-state index in [4.69, 9.17) is 4.74 Å². The van der Waals surface area contributed by atoms with Gasteiger partial charge in [-0.3, -0.25) is 4.79 Å². The van der Waals surface area contributed by atoms with Gasteiger partial charge in [-0.15, -0.1) is 11.3 Å². The van der Waals surface area contributed by atoms with Crippen LogP contribution in [0.15, 0.2) is 48.5 Å². The van der Waals surface area contributed by atoms with Crippen molar-refractivity contribution in [2.24, 2.45) is 0 Å². The minimum absolute atomic E-state index is 0.107. The minimum atomic E-state index is -1.05. The topological polar surface area (TPSA) is 95.9 Å². The molecule has 1 atom stereocenters. The van der Waals surface area contributed by atoms with Crippen LogP contribution in [-0.4, -0.2) is 29.2 Å². The van der Waals surface area contributed by atoms with Crippen molar-refractivity contribution in [3.05, 3.63) is 63.8 Å². The quantitative estimate of drug-likeness (QED) is 0.612. The Hall–Kier alpha value is -3.32. The van der Waals surface area contributed by atoms with E-state index in [1.165, 1.54) is 0 Å². The number of carbonyl (C=O) groups excluding carboxylic acids is 1. The largest absolute Gasteiger partial charge is 0.508 e. The number of hydrogen-bond donors (Lipinski definition) is 3. The van der Waals surface area contributed by atoms with Crippen LogP contribution in [0.1, 0.15) is 32.5 Å². The lowest BCUT2D eigenvalue weighted by molar-refractivity contribution is -0.116. The maximum Gasteiger partial charge on any atom is 0.346 e. The summed E-state index contributed by atoms with van der Waals surface area (Å²) >= 11 is 1.16. The number of methoxy groups -OCH3 is 1. The summed E-state index contributed by atoms with van der Waals surface area (Å²) in [5.74, 6) is -0.785. The number of phenolic OH excluding ortho intramolecular Hbond substituents is 1. The first-order valence-electron chi connectivity index (χ1n) is 8.61. The summed E-state index contributed by atoms with van der Waals surface area (Å²) in [7, 11) is 1.56. The number of carboxylic acid groups (broad SMARTS) is 1. The fourth-order valence-corrected chi connectivity index (χ4v) is 4.73. The van der Waals surface area contributed by atoms with Crippen molar-refractivity contribution in [3.63, 3.8) is 0 Å². The Labute approximate surface area is 165 Å². The van der Waals surface area contributed by atoms with Gasteiger partial charge in [0.1, 0.15) is 16.4 Å². The molecule has 0 aliphatic carbocycles. The van der Waals surface area contributed by atoms with Crippen LogP contribution in [0.4, 0.5) is 5.69 Å². The zero-order chi connectivity index (χ0) is 19.8. The van der Waals surface area contributed by atoms with Crippen molar-refractivity contribution in [1.29, 1.82) is 0 Å². The summed E-state index contributed by atoms with van der Waals surface area (Å²) < 4.78 is 5.17. The third kappa shape index (κ3) is 3.10. The van der Waals surface area contributed by atoms with Gasteiger partial charge in [0.05, 0.1) is 12.8 Å². The lowest BCUT2D eigenvalue weighted by atomic mass is 9.88. The normalized spacial score (nSPS) is 15.6. The Morgan fingerprint density at radius 1 is 1.21 bits per heavy atom. The van der Waals surface area contributed by atoms with E-state index in [1.54, 1.807) is 49.6 Å². The molecule has 6 nitrogen and oxygen atoms in total. The number of aromatic carboxylic acids is 1. The second kappa shape index (κ2) is 7.01.